The van der Waals surface area contributed by atoms with E-state index < -0.39 is 0 Å². The first-order valence-corrected chi connectivity index (χ1v) is 9.76. The van der Waals surface area contributed by atoms with Crippen molar-refractivity contribution in [1.29, 1.82) is 0 Å². The molecule has 0 fully saturated rings. The second-order valence-electron chi connectivity index (χ2n) is 7.22. The number of ether oxygens (including phenoxy) is 2. The molecule has 6 nitrogen and oxygen atoms in total. The number of rotatable bonds is 10. The number of nitrogens with zero attached hydrogens (tertiary/aromatic N) is 4. The van der Waals surface area contributed by atoms with Crippen LogP contribution < -0.4 is 0 Å². The summed E-state index contributed by atoms with van der Waals surface area (Å²) in [5.41, 5.74) is 6.77. The molecular formula is C22H30N4O2. The average molecular weight is 383 g/mol. The fraction of sp³-hybridized carbons (Fsp3) is 0.455. The monoisotopic (exact) mass is 382 g/mol. The van der Waals surface area contributed by atoms with Crippen LogP contribution >= 0.6 is 0 Å². The maximum Gasteiger partial charge on any atom is 0.0717 e. The molecule has 0 saturated heterocycles. The van der Waals surface area contributed by atoms with Crippen molar-refractivity contribution in [3.8, 4) is 0 Å². The van der Waals surface area contributed by atoms with E-state index in [0.717, 1.165) is 24.5 Å². The van der Waals surface area contributed by atoms with Crippen molar-refractivity contribution >= 4 is 0 Å². The molecule has 28 heavy (non-hydrogen) atoms. The lowest BCUT2D eigenvalue weighted by molar-refractivity contribution is 0.108. The van der Waals surface area contributed by atoms with Gasteiger partial charge in [-0.3, -0.25) is 9.36 Å². The Morgan fingerprint density at radius 2 is 1.07 bits per heavy atom. The van der Waals surface area contributed by atoms with E-state index in [9.17, 15) is 0 Å². The van der Waals surface area contributed by atoms with Gasteiger partial charge in [-0.1, -0.05) is 24.3 Å². The zero-order valence-corrected chi connectivity index (χ0v) is 17.3. The lowest BCUT2D eigenvalue weighted by Gasteiger charge is -2.08. The normalized spacial score (nSPS) is 11.3. The van der Waals surface area contributed by atoms with Crippen LogP contribution in [0.4, 0.5) is 0 Å². The molecule has 3 rings (SSSR count). The molecule has 1 aromatic carbocycles. The maximum absolute atomic E-state index is 5.79. The Hall–Kier alpha value is -2.44. The number of aryl methyl sites for hydroxylation is 4. The van der Waals surface area contributed by atoms with Crippen molar-refractivity contribution in [2.45, 2.75) is 54.0 Å². The summed E-state index contributed by atoms with van der Waals surface area (Å²) >= 11 is 0. The molecule has 6 heteroatoms. The van der Waals surface area contributed by atoms with Gasteiger partial charge in [0.2, 0.25) is 0 Å². The lowest BCUT2D eigenvalue weighted by atomic mass is 10.1. The number of aromatic nitrogens is 4. The third-order valence-corrected chi connectivity index (χ3v) is 4.66. The van der Waals surface area contributed by atoms with Gasteiger partial charge < -0.3 is 9.47 Å². The Kier molecular flexibility index (Phi) is 7.01. The summed E-state index contributed by atoms with van der Waals surface area (Å²) in [5.74, 6) is 0. The summed E-state index contributed by atoms with van der Waals surface area (Å²) in [6.07, 6.45) is 0. The molecule has 2 aromatic heterocycles. The Morgan fingerprint density at radius 3 is 1.39 bits per heavy atom. The van der Waals surface area contributed by atoms with Crippen molar-refractivity contribution in [3.63, 3.8) is 0 Å². The van der Waals surface area contributed by atoms with Crippen LogP contribution in [0.15, 0.2) is 36.4 Å². The van der Waals surface area contributed by atoms with E-state index in [2.05, 4.69) is 60.4 Å². The third kappa shape index (κ3) is 5.78. The first-order chi connectivity index (χ1) is 13.5. The van der Waals surface area contributed by atoms with E-state index in [1.807, 2.05) is 23.2 Å². The average Bonchev–Trinajstić information content (AvgIpc) is 3.16. The van der Waals surface area contributed by atoms with Crippen molar-refractivity contribution in [2.24, 2.45) is 0 Å². The zero-order valence-electron chi connectivity index (χ0n) is 17.3. The fourth-order valence-corrected chi connectivity index (χ4v) is 3.22. The SMILES string of the molecule is Cc1cc(C)n(CCOCc2ccc(COCCn3nc(C)cc3C)cc2)n1. The van der Waals surface area contributed by atoms with Crippen LogP contribution in [0.5, 0.6) is 0 Å². The second-order valence-corrected chi connectivity index (χ2v) is 7.22. The van der Waals surface area contributed by atoms with Gasteiger partial charge in [0.1, 0.15) is 0 Å². The molecule has 0 atom stereocenters. The van der Waals surface area contributed by atoms with Gasteiger partial charge in [0, 0.05) is 11.4 Å². The van der Waals surface area contributed by atoms with Crippen LogP contribution in [-0.2, 0) is 35.8 Å². The molecule has 0 N–H and O–H groups in total. The van der Waals surface area contributed by atoms with Crippen LogP contribution in [0.2, 0.25) is 0 Å². The van der Waals surface area contributed by atoms with Crippen LogP contribution in [0, 0.1) is 27.7 Å². The molecule has 150 valence electrons. The highest BCUT2D eigenvalue weighted by Crippen LogP contribution is 2.08. The predicted molar refractivity (Wildman–Crippen MR) is 109 cm³/mol. The minimum Gasteiger partial charge on any atom is -0.375 e. The highest BCUT2D eigenvalue weighted by molar-refractivity contribution is 5.21. The molecule has 0 spiro atoms. The molecule has 0 radical (unpaired) electrons. The largest absolute Gasteiger partial charge is 0.375 e. The summed E-state index contributed by atoms with van der Waals surface area (Å²) in [6, 6.07) is 12.6. The first kappa shape index (κ1) is 20.3. The molecule has 0 aliphatic rings. The van der Waals surface area contributed by atoms with Crippen molar-refractivity contribution < 1.29 is 9.47 Å². The van der Waals surface area contributed by atoms with Gasteiger partial charge in [0.05, 0.1) is 50.9 Å². The summed E-state index contributed by atoms with van der Waals surface area (Å²) in [4.78, 5) is 0. The molecule has 0 unspecified atom stereocenters. The van der Waals surface area contributed by atoms with Gasteiger partial charge in [-0.15, -0.1) is 0 Å². The number of hydrogen-bond donors (Lipinski definition) is 0. The molecule has 0 aliphatic heterocycles. The zero-order chi connectivity index (χ0) is 19.9. The van der Waals surface area contributed by atoms with Gasteiger partial charge >= 0.3 is 0 Å². The van der Waals surface area contributed by atoms with Gasteiger partial charge in [-0.2, -0.15) is 10.2 Å². The molecule has 0 amide bonds. The Bertz CT molecular complexity index is 807. The van der Waals surface area contributed by atoms with Crippen molar-refractivity contribution in [3.05, 3.63) is 70.3 Å². The highest BCUT2D eigenvalue weighted by atomic mass is 16.5. The van der Waals surface area contributed by atoms with E-state index >= 15 is 0 Å². The van der Waals surface area contributed by atoms with Crippen LogP contribution in [0.3, 0.4) is 0 Å². The molecule has 2 heterocycles. The Labute approximate surface area is 167 Å². The van der Waals surface area contributed by atoms with E-state index in [4.69, 9.17) is 9.47 Å². The Balaban J connectivity index is 1.34. The summed E-state index contributed by atoms with van der Waals surface area (Å²) < 4.78 is 15.5. The van der Waals surface area contributed by atoms with Crippen LogP contribution in [0.25, 0.3) is 0 Å². The van der Waals surface area contributed by atoms with E-state index in [1.54, 1.807) is 0 Å². The number of benzene rings is 1. The Morgan fingerprint density at radius 1 is 0.679 bits per heavy atom. The van der Waals surface area contributed by atoms with Gasteiger partial charge in [0.25, 0.3) is 0 Å². The second kappa shape index (κ2) is 9.66. The van der Waals surface area contributed by atoms with E-state index in [-0.39, 0.29) is 0 Å². The molecule has 0 aliphatic carbocycles. The molecule has 0 saturated carbocycles. The van der Waals surface area contributed by atoms with E-state index in [1.165, 1.54) is 22.5 Å². The van der Waals surface area contributed by atoms with E-state index in [0.29, 0.717) is 26.4 Å². The minimum atomic E-state index is 0.609. The fourth-order valence-electron chi connectivity index (χ4n) is 3.22. The summed E-state index contributed by atoms with van der Waals surface area (Å²) in [7, 11) is 0. The number of hydrogen-bond acceptors (Lipinski definition) is 4. The smallest absolute Gasteiger partial charge is 0.0717 e. The standard InChI is InChI=1S/C22H30N4O2/c1-17-13-19(3)25(23-17)9-11-27-15-21-5-7-22(8-6-21)16-28-12-10-26-20(4)14-18(2)24-26/h5-8,13-14H,9-12,15-16H2,1-4H3. The lowest BCUT2D eigenvalue weighted by Crippen LogP contribution is -2.09. The molecule has 0 bridgehead atoms. The van der Waals surface area contributed by atoms with Crippen molar-refractivity contribution in [1.82, 2.24) is 19.6 Å². The summed E-state index contributed by atoms with van der Waals surface area (Å²) in [5, 5.41) is 8.89. The first-order valence-electron chi connectivity index (χ1n) is 9.76. The third-order valence-electron chi connectivity index (χ3n) is 4.66. The predicted octanol–water partition coefficient (Wildman–Crippen LogP) is 3.75. The van der Waals surface area contributed by atoms with Crippen molar-refractivity contribution in [2.75, 3.05) is 13.2 Å². The minimum absolute atomic E-state index is 0.609. The summed E-state index contributed by atoms with van der Waals surface area (Å²) in [6.45, 7) is 12.2. The van der Waals surface area contributed by atoms with Gasteiger partial charge in [0.15, 0.2) is 0 Å². The van der Waals surface area contributed by atoms with Gasteiger partial charge in [-0.05, 0) is 51.0 Å². The van der Waals surface area contributed by atoms with Crippen LogP contribution in [-0.4, -0.2) is 32.8 Å². The molecular weight excluding hydrogens is 352 g/mol. The topological polar surface area (TPSA) is 54.1 Å². The maximum atomic E-state index is 5.79. The molecule has 3 aromatic rings. The highest BCUT2D eigenvalue weighted by Gasteiger charge is 2.02. The van der Waals surface area contributed by atoms with Crippen LogP contribution in [0.1, 0.15) is 33.9 Å². The quantitative estimate of drug-likeness (QED) is 0.501. The van der Waals surface area contributed by atoms with Gasteiger partial charge in [-0.25, -0.2) is 0 Å².